The summed E-state index contributed by atoms with van der Waals surface area (Å²) in [4.78, 5) is 24.1. The molecule has 6 heteroatoms. The van der Waals surface area contributed by atoms with Gasteiger partial charge in [-0.2, -0.15) is 0 Å². The van der Waals surface area contributed by atoms with Gasteiger partial charge in [-0.05, 0) is 39.0 Å². The summed E-state index contributed by atoms with van der Waals surface area (Å²) in [5.41, 5.74) is 1.10. The number of furan rings is 1. The van der Waals surface area contributed by atoms with Crippen LogP contribution in [0.1, 0.15) is 37.8 Å². The van der Waals surface area contributed by atoms with Crippen LogP contribution in [0.3, 0.4) is 0 Å². The van der Waals surface area contributed by atoms with Crippen molar-refractivity contribution in [2.24, 2.45) is 0 Å². The van der Waals surface area contributed by atoms with Crippen LogP contribution in [0.2, 0.25) is 0 Å². The molecule has 0 unspecified atom stereocenters. The van der Waals surface area contributed by atoms with E-state index in [4.69, 9.17) is 13.9 Å². The molecule has 122 valence electrons. The minimum absolute atomic E-state index is 0.0404. The summed E-state index contributed by atoms with van der Waals surface area (Å²) in [7, 11) is 1.33. The van der Waals surface area contributed by atoms with Crippen LogP contribution in [0.4, 0.5) is 4.39 Å². The molecule has 0 aliphatic carbocycles. The molecule has 0 bridgehead atoms. The molecule has 2 aromatic rings. The van der Waals surface area contributed by atoms with Gasteiger partial charge in [0, 0.05) is 11.1 Å². The van der Waals surface area contributed by atoms with Gasteiger partial charge >= 0.3 is 5.97 Å². The Morgan fingerprint density at radius 3 is 2.39 bits per heavy atom. The zero-order valence-corrected chi connectivity index (χ0v) is 13.4. The molecule has 0 amide bonds. The van der Waals surface area contributed by atoms with Crippen molar-refractivity contribution >= 4 is 11.8 Å². The van der Waals surface area contributed by atoms with Gasteiger partial charge in [-0.1, -0.05) is 0 Å². The van der Waals surface area contributed by atoms with Crippen LogP contribution in [0.15, 0.2) is 22.6 Å². The van der Waals surface area contributed by atoms with E-state index in [-0.39, 0.29) is 11.3 Å². The van der Waals surface area contributed by atoms with E-state index in [1.807, 2.05) is 0 Å². The fourth-order valence-corrected chi connectivity index (χ4v) is 2.22. The number of esters is 1. The molecule has 0 fully saturated rings. The first-order valence-electron chi connectivity index (χ1n) is 6.95. The smallest absolute Gasteiger partial charge is 0.342 e. The Kier molecular flexibility index (Phi) is 4.83. The first-order chi connectivity index (χ1) is 10.8. The Morgan fingerprint density at radius 2 is 1.87 bits per heavy atom. The fourth-order valence-electron chi connectivity index (χ4n) is 2.22. The number of ether oxygens (including phenoxy) is 2. The number of hydrogen-bond acceptors (Lipinski definition) is 5. The number of aryl methyl sites for hydroxylation is 2. The number of carbonyl (C=O) groups excluding carboxylic acids is 2. The lowest BCUT2D eigenvalue weighted by Crippen LogP contribution is -2.15. The van der Waals surface area contributed by atoms with Crippen LogP contribution in [0.25, 0.3) is 0 Å². The maximum Gasteiger partial charge on any atom is 0.342 e. The van der Waals surface area contributed by atoms with Gasteiger partial charge in [-0.3, -0.25) is 4.79 Å². The highest BCUT2D eigenvalue weighted by molar-refractivity contribution is 6.00. The third-order valence-electron chi connectivity index (χ3n) is 3.57. The van der Waals surface area contributed by atoms with Crippen molar-refractivity contribution in [2.75, 3.05) is 13.7 Å². The van der Waals surface area contributed by atoms with E-state index in [1.165, 1.54) is 19.2 Å². The molecule has 0 saturated heterocycles. The fraction of sp³-hybridized carbons (Fsp3) is 0.294. The normalized spacial score (nSPS) is 10.5. The second-order valence-electron chi connectivity index (χ2n) is 5.06. The second kappa shape index (κ2) is 6.64. The maximum absolute atomic E-state index is 13.6. The summed E-state index contributed by atoms with van der Waals surface area (Å²) in [6.07, 6.45) is 0. The molecular formula is C17H17FO5. The van der Waals surface area contributed by atoms with Crippen LogP contribution >= 0.6 is 0 Å². The number of rotatable bonds is 5. The Bertz CT molecular complexity index is 761. The van der Waals surface area contributed by atoms with Crippen LogP contribution in [0.5, 0.6) is 5.75 Å². The summed E-state index contributed by atoms with van der Waals surface area (Å²) in [6.45, 7) is 4.65. The average Bonchev–Trinajstić information content (AvgIpc) is 2.77. The number of Topliss-reactive ketones (excluding diaryl/α,β-unsaturated/α-hetero) is 1. The van der Waals surface area contributed by atoms with Crippen molar-refractivity contribution in [1.82, 2.24) is 0 Å². The van der Waals surface area contributed by atoms with E-state index in [2.05, 4.69) is 0 Å². The van der Waals surface area contributed by atoms with Crippen LogP contribution in [0, 0.1) is 26.6 Å². The molecule has 2 rings (SSSR count). The minimum Gasteiger partial charge on any atom is -0.494 e. The van der Waals surface area contributed by atoms with Crippen LogP contribution in [-0.2, 0) is 4.74 Å². The van der Waals surface area contributed by atoms with Gasteiger partial charge in [0.1, 0.15) is 17.1 Å². The first kappa shape index (κ1) is 16.7. The summed E-state index contributed by atoms with van der Waals surface area (Å²) in [6, 6.07) is 3.81. The largest absolute Gasteiger partial charge is 0.494 e. The molecule has 0 N–H and O–H groups in total. The van der Waals surface area contributed by atoms with E-state index in [9.17, 15) is 14.0 Å². The molecule has 0 saturated carbocycles. The maximum atomic E-state index is 13.6. The standard InChI is InChI=1S/C17H17FO5/c1-9-10(2)23-11(3)16(9)17(20)22-8-14(19)12-5-6-15(21-4)13(18)7-12/h5-7H,8H2,1-4H3. The van der Waals surface area contributed by atoms with E-state index < -0.39 is 24.2 Å². The lowest BCUT2D eigenvalue weighted by atomic mass is 10.1. The Labute approximate surface area is 133 Å². The van der Waals surface area contributed by atoms with Crippen molar-refractivity contribution in [1.29, 1.82) is 0 Å². The lowest BCUT2D eigenvalue weighted by Gasteiger charge is -2.06. The molecule has 1 aromatic carbocycles. The highest BCUT2D eigenvalue weighted by atomic mass is 19.1. The van der Waals surface area contributed by atoms with Gasteiger partial charge in [-0.25, -0.2) is 9.18 Å². The number of carbonyl (C=O) groups is 2. The van der Waals surface area contributed by atoms with Crippen LogP contribution in [-0.4, -0.2) is 25.5 Å². The Hall–Kier alpha value is -2.63. The third-order valence-corrected chi connectivity index (χ3v) is 3.57. The van der Waals surface area contributed by atoms with Gasteiger partial charge in [-0.15, -0.1) is 0 Å². The van der Waals surface area contributed by atoms with E-state index in [0.717, 1.165) is 6.07 Å². The highest BCUT2D eigenvalue weighted by Crippen LogP contribution is 2.22. The number of hydrogen-bond donors (Lipinski definition) is 0. The molecule has 1 heterocycles. The van der Waals surface area contributed by atoms with Gasteiger partial charge in [0.25, 0.3) is 0 Å². The Morgan fingerprint density at radius 1 is 1.17 bits per heavy atom. The number of benzene rings is 1. The summed E-state index contributed by atoms with van der Waals surface area (Å²) in [5.74, 6) is -0.693. The molecule has 0 spiro atoms. The van der Waals surface area contributed by atoms with Crippen molar-refractivity contribution < 1.29 is 27.9 Å². The van der Waals surface area contributed by atoms with Gasteiger partial charge in [0.05, 0.1) is 7.11 Å². The summed E-state index contributed by atoms with van der Waals surface area (Å²) >= 11 is 0. The summed E-state index contributed by atoms with van der Waals surface area (Å²) < 4.78 is 28.7. The van der Waals surface area contributed by atoms with Gasteiger partial charge in [0.2, 0.25) is 0 Å². The number of halogens is 1. The number of ketones is 1. The van der Waals surface area contributed by atoms with E-state index >= 15 is 0 Å². The molecule has 0 aliphatic heterocycles. The Balaban J connectivity index is 2.07. The van der Waals surface area contributed by atoms with Crippen molar-refractivity contribution in [3.05, 3.63) is 52.2 Å². The first-order valence-corrected chi connectivity index (χ1v) is 6.95. The van der Waals surface area contributed by atoms with E-state index in [1.54, 1.807) is 20.8 Å². The minimum atomic E-state index is -0.651. The van der Waals surface area contributed by atoms with Crippen molar-refractivity contribution in [3.63, 3.8) is 0 Å². The average molecular weight is 320 g/mol. The molecule has 5 nitrogen and oxygen atoms in total. The van der Waals surface area contributed by atoms with E-state index in [0.29, 0.717) is 22.6 Å². The molecule has 0 aliphatic rings. The molecule has 0 radical (unpaired) electrons. The quantitative estimate of drug-likeness (QED) is 0.624. The summed E-state index contributed by atoms with van der Waals surface area (Å²) in [5, 5.41) is 0. The zero-order chi connectivity index (χ0) is 17.1. The van der Waals surface area contributed by atoms with Gasteiger partial charge < -0.3 is 13.9 Å². The predicted molar refractivity (Wildman–Crippen MR) is 80.5 cm³/mol. The lowest BCUT2D eigenvalue weighted by molar-refractivity contribution is 0.0472. The monoisotopic (exact) mass is 320 g/mol. The second-order valence-corrected chi connectivity index (χ2v) is 5.06. The molecule has 0 atom stereocenters. The SMILES string of the molecule is COc1ccc(C(=O)COC(=O)c2c(C)oc(C)c2C)cc1F. The zero-order valence-electron chi connectivity index (χ0n) is 13.4. The predicted octanol–water partition coefficient (Wildman–Crippen LogP) is 3.39. The molecule has 23 heavy (non-hydrogen) atoms. The molecule has 1 aromatic heterocycles. The highest BCUT2D eigenvalue weighted by Gasteiger charge is 2.21. The van der Waals surface area contributed by atoms with Crippen molar-refractivity contribution in [2.45, 2.75) is 20.8 Å². The topological polar surface area (TPSA) is 65.7 Å². The number of methoxy groups -OCH3 is 1. The molecular weight excluding hydrogens is 303 g/mol. The van der Waals surface area contributed by atoms with Gasteiger partial charge in [0.15, 0.2) is 24.0 Å². The van der Waals surface area contributed by atoms with Crippen LogP contribution < -0.4 is 4.74 Å². The third kappa shape index (κ3) is 3.41. The van der Waals surface area contributed by atoms with Crippen molar-refractivity contribution in [3.8, 4) is 5.75 Å².